The quantitative estimate of drug-likeness (QED) is 0.782. The molecule has 2 aromatic carbocycles. The Hall–Kier alpha value is -3.36. The topological polar surface area (TPSA) is 69.7 Å². The summed E-state index contributed by atoms with van der Waals surface area (Å²) in [5.41, 5.74) is 0.607. The zero-order valence-electron chi connectivity index (χ0n) is 17.1. The zero-order valence-corrected chi connectivity index (χ0v) is 17.1. The van der Waals surface area contributed by atoms with Crippen LogP contribution in [0.3, 0.4) is 0 Å². The predicted molar refractivity (Wildman–Crippen MR) is 109 cm³/mol. The highest BCUT2D eigenvalue weighted by atomic mass is 19.4. The van der Waals surface area contributed by atoms with Crippen molar-refractivity contribution >= 4 is 29.1 Å². The fraction of sp³-hybridized carbons (Fsp3) is 0.318. The molecule has 1 unspecified atom stereocenters. The van der Waals surface area contributed by atoms with Crippen molar-refractivity contribution in [1.82, 2.24) is 4.90 Å². The van der Waals surface area contributed by atoms with Crippen LogP contribution in [0.4, 0.5) is 24.5 Å². The normalized spacial score (nSPS) is 16.4. The van der Waals surface area contributed by atoms with Crippen LogP contribution in [0.2, 0.25) is 0 Å². The van der Waals surface area contributed by atoms with Gasteiger partial charge in [-0.15, -0.1) is 0 Å². The van der Waals surface area contributed by atoms with Crippen LogP contribution in [0, 0.1) is 5.92 Å². The lowest BCUT2D eigenvalue weighted by atomic mass is 10.1. The third-order valence-corrected chi connectivity index (χ3v) is 5.13. The molecule has 0 spiro atoms. The van der Waals surface area contributed by atoms with E-state index < -0.39 is 23.6 Å². The Balaban J connectivity index is 1.68. The van der Waals surface area contributed by atoms with Crippen LogP contribution in [0.1, 0.15) is 24.5 Å². The molecule has 0 aliphatic carbocycles. The molecule has 1 saturated heterocycles. The van der Waals surface area contributed by atoms with E-state index in [-0.39, 0.29) is 30.5 Å². The van der Waals surface area contributed by atoms with Crippen molar-refractivity contribution in [3.05, 3.63) is 59.7 Å². The number of halogens is 3. The van der Waals surface area contributed by atoms with Crippen LogP contribution >= 0.6 is 0 Å². The number of carbonyl (C=O) groups is 3. The maximum absolute atomic E-state index is 13.0. The first-order chi connectivity index (χ1) is 14.5. The number of alkyl halides is 3. The number of rotatable bonds is 5. The molecule has 2 aromatic rings. The number of amides is 3. The second-order valence-electron chi connectivity index (χ2n) is 7.52. The SMILES string of the molecule is CC(=O)N(C)Cc1cccc(NC(=O)C2CC(=O)N(c3cccc(C(F)(F)F)c3)C2)c1. The van der Waals surface area contributed by atoms with Crippen LogP contribution in [-0.4, -0.2) is 36.2 Å². The number of hydrogen-bond donors (Lipinski definition) is 1. The average Bonchev–Trinajstić information content (AvgIpc) is 3.09. The Bertz CT molecular complexity index is 1010. The summed E-state index contributed by atoms with van der Waals surface area (Å²) in [7, 11) is 1.67. The number of carbonyl (C=O) groups excluding carboxylic acids is 3. The van der Waals surface area contributed by atoms with E-state index in [9.17, 15) is 27.6 Å². The molecule has 0 aromatic heterocycles. The lowest BCUT2D eigenvalue weighted by molar-refractivity contribution is -0.137. The summed E-state index contributed by atoms with van der Waals surface area (Å²) in [4.78, 5) is 39.2. The third kappa shape index (κ3) is 5.42. The Morgan fingerprint density at radius 1 is 1.16 bits per heavy atom. The summed E-state index contributed by atoms with van der Waals surface area (Å²) in [5.74, 6) is -1.57. The van der Waals surface area contributed by atoms with Crippen LogP contribution in [0.25, 0.3) is 0 Å². The van der Waals surface area contributed by atoms with Gasteiger partial charge < -0.3 is 15.1 Å². The van der Waals surface area contributed by atoms with E-state index in [4.69, 9.17) is 0 Å². The van der Waals surface area contributed by atoms with Gasteiger partial charge in [0.05, 0.1) is 11.5 Å². The molecule has 31 heavy (non-hydrogen) atoms. The minimum Gasteiger partial charge on any atom is -0.342 e. The molecule has 0 saturated carbocycles. The minimum absolute atomic E-state index is 0.00125. The van der Waals surface area contributed by atoms with Gasteiger partial charge in [-0.3, -0.25) is 14.4 Å². The summed E-state index contributed by atoms with van der Waals surface area (Å²) in [5, 5.41) is 2.75. The van der Waals surface area contributed by atoms with Crippen molar-refractivity contribution in [2.24, 2.45) is 5.92 Å². The number of nitrogens with zero attached hydrogens (tertiary/aromatic N) is 2. The van der Waals surface area contributed by atoms with Crippen LogP contribution in [0.15, 0.2) is 48.5 Å². The van der Waals surface area contributed by atoms with E-state index in [1.807, 2.05) is 6.07 Å². The maximum Gasteiger partial charge on any atom is 0.416 e. The van der Waals surface area contributed by atoms with Crippen molar-refractivity contribution in [3.63, 3.8) is 0 Å². The molecule has 0 bridgehead atoms. The standard InChI is InChI=1S/C22H22F3N3O3/c1-14(29)27(2)12-15-5-3-7-18(9-15)26-21(31)16-10-20(30)28(13-16)19-8-4-6-17(11-19)22(23,24)25/h3-9,11,16H,10,12-13H2,1-2H3,(H,26,31). The number of nitrogens with one attached hydrogen (secondary N) is 1. The Kier molecular flexibility index (Phi) is 6.33. The second-order valence-corrected chi connectivity index (χ2v) is 7.52. The Morgan fingerprint density at radius 3 is 2.55 bits per heavy atom. The highest BCUT2D eigenvalue weighted by Crippen LogP contribution is 2.33. The van der Waals surface area contributed by atoms with Crippen molar-refractivity contribution in [3.8, 4) is 0 Å². The smallest absolute Gasteiger partial charge is 0.342 e. The Morgan fingerprint density at radius 2 is 1.87 bits per heavy atom. The van der Waals surface area contributed by atoms with Gasteiger partial charge in [0, 0.05) is 44.9 Å². The molecular formula is C22H22F3N3O3. The van der Waals surface area contributed by atoms with Crippen LogP contribution < -0.4 is 10.2 Å². The van der Waals surface area contributed by atoms with Crippen molar-refractivity contribution in [2.45, 2.75) is 26.1 Å². The summed E-state index contributed by atoms with van der Waals surface area (Å²) in [6.45, 7) is 1.84. The predicted octanol–water partition coefficient (Wildman–Crippen LogP) is 3.68. The summed E-state index contributed by atoms with van der Waals surface area (Å²) >= 11 is 0. The number of anilines is 2. The van der Waals surface area contributed by atoms with Crippen molar-refractivity contribution in [1.29, 1.82) is 0 Å². The summed E-state index contributed by atoms with van der Waals surface area (Å²) < 4.78 is 38.9. The van der Waals surface area contributed by atoms with E-state index in [1.165, 1.54) is 28.9 Å². The van der Waals surface area contributed by atoms with Crippen molar-refractivity contribution < 1.29 is 27.6 Å². The fourth-order valence-electron chi connectivity index (χ4n) is 3.36. The molecule has 0 radical (unpaired) electrons. The molecule has 6 nitrogen and oxygen atoms in total. The lowest BCUT2D eigenvalue weighted by Crippen LogP contribution is -2.28. The van der Waals surface area contributed by atoms with Crippen LogP contribution in [-0.2, 0) is 27.1 Å². The second kappa shape index (κ2) is 8.79. The summed E-state index contributed by atoms with van der Waals surface area (Å²) in [6.07, 6.45) is -4.61. The van der Waals surface area contributed by atoms with Gasteiger partial charge in [0.1, 0.15) is 0 Å². The first-order valence-electron chi connectivity index (χ1n) is 9.63. The molecule has 9 heteroatoms. The van der Waals surface area contributed by atoms with Gasteiger partial charge in [0.25, 0.3) is 0 Å². The molecule has 1 fully saturated rings. The number of hydrogen-bond acceptors (Lipinski definition) is 3. The maximum atomic E-state index is 13.0. The summed E-state index contributed by atoms with van der Waals surface area (Å²) in [6, 6.07) is 11.5. The molecule has 1 aliphatic heterocycles. The lowest BCUT2D eigenvalue weighted by Gasteiger charge is -2.18. The third-order valence-electron chi connectivity index (χ3n) is 5.13. The molecule has 1 aliphatic rings. The Labute approximate surface area is 177 Å². The van der Waals surface area contributed by atoms with Gasteiger partial charge in [-0.05, 0) is 35.9 Å². The highest BCUT2D eigenvalue weighted by Gasteiger charge is 2.37. The van der Waals surface area contributed by atoms with Gasteiger partial charge in [0.15, 0.2) is 0 Å². The molecule has 1 atom stereocenters. The molecule has 1 N–H and O–H groups in total. The van der Waals surface area contributed by atoms with Gasteiger partial charge in [-0.25, -0.2) is 0 Å². The first-order valence-corrected chi connectivity index (χ1v) is 9.63. The van der Waals surface area contributed by atoms with Gasteiger partial charge in [-0.2, -0.15) is 13.2 Å². The molecule has 1 heterocycles. The van der Waals surface area contributed by atoms with Gasteiger partial charge in [-0.1, -0.05) is 18.2 Å². The average molecular weight is 433 g/mol. The molecule has 3 rings (SSSR count). The number of benzene rings is 2. The minimum atomic E-state index is -4.52. The van der Waals surface area contributed by atoms with Gasteiger partial charge >= 0.3 is 6.18 Å². The molecule has 164 valence electrons. The highest BCUT2D eigenvalue weighted by molar-refractivity contribution is 6.03. The van der Waals surface area contributed by atoms with E-state index in [1.54, 1.807) is 25.2 Å². The molecule has 3 amide bonds. The van der Waals surface area contributed by atoms with E-state index in [0.717, 1.165) is 17.7 Å². The largest absolute Gasteiger partial charge is 0.416 e. The van der Waals surface area contributed by atoms with Crippen LogP contribution in [0.5, 0.6) is 0 Å². The van der Waals surface area contributed by atoms with E-state index in [0.29, 0.717) is 12.2 Å². The first kappa shape index (κ1) is 22.3. The zero-order chi connectivity index (χ0) is 22.8. The van der Waals surface area contributed by atoms with E-state index in [2.05, 4.69) is 5.32 Å². The molecular weight excluding hydrogens is 411 g/mol. The fourth-order valence-corrected chi connectivity index (χ4v) is 3.36. The van der Waals surface area contributed by atoms with Crippen molar-refractivity contribution in [2.75, 3.05) is 23.8 Å². The van der Waals surface area contributed by atoms with E-state index >= 15 is 0 Å². The monoisotopic (exact) mass is 433 g/mol. The van der Waals surface area contributed by atoms with Gasteiger partial charge in [0.2, 0.25) is 17.7 Å².